The second-order valence-corrected chi connectivity index (χ2v) is 12.4. The van der Waals surface area contributed by atoms with E-state index in [0.717, 1.165) is 6.08 Å². The minimum atomic E-state index is -2.85. The number of esters is 1. The molecule has 4 rings (SSSR count). The van der Waals surface area contributed by atoms with Gasteiger partial charge < -0.3 is 36.0 Å². The predicted octanol–water partition coefficient (Wildman–Crippen LogP) is 0.681. The lowest BCUT2D eigenvalue weighted by Crippen LogP contribution is -2.83. The van der Waals surface area contributed by atoms with E-state index in [0.29, 0.717) is 5.56 Å². The lowest BCUT2D eigenvalue weighted by Gasteiger charge is -2.69. The Morgan fingerprint density at radius 3 is 2.29 bits per heavy atom. The zero-order chi connectivity index (χ0) is 31.0. The van der Waals surface area contributed by atoms with Crippen molar-refractivity contribution in [2.24, 2.45) is 40.2 Å². The maximum atomic E-state index is 14.2. The molecule has 0 saturated heterocycles. The molecule has 0 spiro atoms. The number of carbonyl (C=O) groups excluding carboxylic acids is 4. The molecule has 11 nitrogen and oxygen atoms in total. The average Bonchev–Trinajstić information content (AvgIpc) is 2.88. The number of benzene rings is 1. The maximum absolute atomic E-state index is 14.2. The number of ether oxygens (including phenoxy) is 1. The van der Waals surface area contributed by atoms with Gasteiger partial charge in [0.2, 0.25) is 5.91 Å². The number of amides is 1. The number of carbonyl (C=O) groups is 4. The summed E-state index contributed by atoms with van der Waals surface area (Å²) in [5.41, 5.74) is -0.493. The molecule has 0 aliphatic heterocycles. The molecule has 3 aliphatic rings. The molecule has 0 bridgehead atoms. The van der Waals surface area contributed by atoms with Crippen LogP contribution in [0, 0.1) is 34.5 Å². The van der Waals surface area contributed by atoms with E-state index in [2.05, 4.69) is 0 Å². The number of aromatic hydroxyl groups is 1. The van der Waals surface area contributed by atoms with Crippen LogP contribution in [-0.4, -0.2) is 79.5 Å². The van der Waals surface area contributed by atoms with Crippen molar-refractivity contribution in [3.8, 4) is 5.75 Å². The smallest absolute Gasteiger partial charge is 0.330 e. The number of phenolic OH excluding ortho intramolecular Hbond substituents is 1. The zero-order valence-electron chi connectivity index (χ0n) is 24.0. The molecule has 10 atom stereocenters. The molecule has 2 fully saturated rings. The maximum Gasteiger partial charge on any atom is 0.330 e. The minimum Gasteiger partial charge on any atom is -0.507 e. The van der Waals surface area contributed by atoms with Crippen LogP contribution in [0.2, 0.25) is 0 Å². The normalized spacial score (nSPS) is 40.2. The lowest BCUT2D eigenvalue weighted by atomic mass is 9.36. The van der Waals surface area contributed by atoms with Crippen LogP contribution in [0.25, 0.3) is 6.08 Å². The van der Waals surface area contributed by atoms with Crippen molar-refractivity contribution >= 4 is 29.5 Å². The van der Waals surface area contributed by atoms with E-state index < -0.39 is 93.5 Å². The Labute approximate surface area is 238 Å². The van der Waals surface area contributed by atoms with E-state index in [1.807, 2.05) is 0 Å². The molecule has 224 valence electrons. The van der Waals surface area contributed by atoms with Gasteiger partial charge in [0.25, 0.3) is 0 Å². The fraction of sp³-hybridized carbons (Fsp3) is 0.600. The summed E-state index contributed by atoms with van der Waals surface area (Å²) in [6, 6.07) is 3.08. The molecule has 7 N–H and O–H groups in total. The molecule has 1 amide bonds. The highest BCUT2D eigenvalue weighted by atomic mass is 16.5. The first-order valence-corrected chi connectivity index (χ1v) is 13.8. The quantitative estimate of drug-likeness (QED) is 0.165. The minimum absolute atomic E-state index is 0.112. The number of nitrogens with two attached hydrogens (primary N) is 1. The number of rotatable bonds is 5. The molecule has 0 aromatic heterocycles. The number of ketones is 2. The molecule has 0 radical (unpaired) electrons. The Kier molecular flexibility index (Phi) is 7.52. The third-order valence-corrected chi connectivity index (χ3v) is 10.3. The summed E-state index contributed by atoms with van der Waals surface area (Å²) in [4.78, 5) is 52.2. The van der Waals surface area contributed by atoms with Crippen LogP contribution in [0.3, 0.4) is 0 Å². The highest BCUT2D eigenvalue weighted by Crippen LogP contribution is 2.68. The second kappa shape index (κ2) is 10.0. The SMILES string of the molecule is CCOC(=O)/C=C/c1ccc2c(c1O)C(=O)[C@@H]1C(O)[C@@]3(O)C(=O)[C@H](C(N)=O)C(O)[C@H](C(C)C)[C@@]3(C)[C@H](O)[C@@]1(C)[C@@H]2C. The lowest BCUT2D eigenvalue weighted by molar-refractivity contribution is -0.306. The van der Waals surface area contributed by atoms with Crippen LogP contribution >= 0.6 is 0 Å². The molecule has 3 aliphatic carbocycles. The second-order valence-electron chi connectivity index (χ2n) is 12.4. The van der Waals surface area contributed by atoms with Gasteiger partial charge in [-0.05, 0) is 36.3 Å². The van der Waals surface area contributed by atoms with Crippen molar-refractivity contribution in [3.63, 3.8) is 0 Å². The monoisotopic (exact) mass is 573 g/mol. The summed E-state index contributed by atoms with van der Waals surface area (Å²) in [5, 5.41) is 58.7. The van der Waals surface area contributed by atoms with Gasteiger partial charge in [0.05, 0.1) is 30.3 Å². The fourth-order valence-electron chi connectivity index (χ4n) is 8.26. The number of aliphatic hydroxyl groups excluding tert-OH is 3. The Balaban J connectivity index is 1.96. The largest absolute Gasteiger partial charge is 0.507 e. The first-order chi connectivity index (χ1) is 18.9. The van der Waals surface area contributed by atoms with Gasteiger partial charge in [-0.25, -0.2) is 4.79 Å². The third-order valence-electron chi connectivity index (χ3n) is 10.3. The van der Waals surface area contributed by atoms with E-state index in [-0.39, 0.29) is 17.7 Å². The van der Waals surface area contributed by atoms with Crippen LogP contribution < -0.4 is 5.73 Å². The summed E-state index contributed by atoms with van der Waals surface area (Å²) in [7, 11) is 0. The van der Waals surface area contributed by atoms with Crippen molar-refractivity contribution in [1.82, 2.24) is 0 Å². The summed E-state index contributed by atoms with van der Waals surface area (Å²) in [6.07, 6.45) is -3.09. The van der Waals surface area contributed by atoms with Crippen LogP contribution in [-0.2, 0) is 19.1 Å². The Bertz CT molecular complexity index is 1340. The van der Waals surface area contributed by atoms with Crippen molar-refractivity contribution in [2.75, 3.05) is 6.61 Å². The van der Waals surface area contributed by atoms with Gasteiger partial charge in [0, 0.05) is 22.5 Å². The van der Waals surface area contributed by atoms with E-state index in [4.69, 9.17) is 10.5 Å². The number of fused-ring (bicyclic) bond motifs is 3. The number of phenols is 1. The van der Waals surface area contributed by atoms with Crippen molar-refractivity contribution in [3.05, 3.63) is 34.9 Å². The molecular weight excluding hydrogens is 534 g/mol. The fourth-order valence-corrected chi connectivity index (χ4v) is 8.26. The zero-order valence-corrected chi connectivity index (χ0v) is 24.0. The van der Waals surface area contributed by atoms with Crippen LogP contribution in [0.15, 0.2) is 18.2 Å². The Morgan fingerprint density at radius 1 is 1.15 bits per heavy atom. The number of Topliss-reactive ketones (excluding diaryl/α,β-unsaturated/α-hetero) is 2. The number of hydrogen-bond acceptors (Lipinski definition) is 10. The topological polar surface area (TPSA) is 205 Å². The standard InChI is InChI=1S/C30H39NO10/c1-7-41-16(32)11-9-14-8-10-15-13(4)28(5)20(22(34)17(15)21(14)33)25(37)30(40)24(36)18(26(31)38)23(35)19(12(2)3)29(30,6)27(28)39/h8-13,18-20,23,25,27,33,35,37,39-40H,7H2,1-6H3,(H2,31,38)/b11-9+/t13-,18-,19+,20-,23?,25?,27-,28+,29+,30+/m1/s1. The Morgan fingerprint density at radius 2 is 1.76 bits per heavy atom. The first-order valence-electron chi connectivity index (χ1n) is 13.8. The third kappa shape index (κ3) is 3.78. The van der Waals surface area contributed by atoms with Crippen LogP contribution in [0.1, 0.15) is 68.9 Å². The van der Waals surface area contributed by atoms with Crippen LogP contribution in [0.5, 0.6) is 5.75 Å². The van der Waals surface area contributed by atoms with Crippen LogP contribution in [0.4, 0.5) is 0 Å². The molecule has 1 aromatic carbocycles. The molecule has 41 heavy (non-hydrogen) atoms. The van der Waals surface area contributed by atoms with Gasteiger partial charge in [-0.3, -0.25) is 14.4 Å². The number of aliphatic hydroxyl groups is 4. The molecule has 1 aromatic rings. The molecule has 11 heteroatoms. The van der Waals surface area contributed by atoms with E-state index in [1.165, 1.54) is 19.1 Å². The van der Waals surface area contributed by atoms with Crippen molar-refractivity contribution < 1.29 is 49.4 Å². The van der Waals surface area contributed by atoms with E-state index >= 15 is 0 Å². The molecule has 0 heterocycles. The summed E-state index contributed by atoms with van der Waals surface area (Å²) in [5.74, 6) is -10.2. The van der Waals surface area contributed by atoms with E-state index in [9.17, 15) is 44.7 Å². The molecular formula is C30H39NO10. The predicted molar refractivity (Wildman–Crippen MR) is 145 cm³/mol. The van der Waals surface area contributed by atoms with Gasteiger partial charge in [-0.2, -0.15) is 0 Å². The molecule has 2 unspecified atom stereocenters. The van der Waals surface area contributed by atoms with Gasteiger partial charge in [0.1, 0.15) is 17.8 Å². The summed E-state index contributed by atoms with van der Waals surface area (Å²) >= 11 is 0. The van der Waals surface area contributed by atoms with Gasteiger partial charge in [-0.15, -0.1) is 0 Å². The van der Waals surface area contributed by atoms with Crippen molar-refractivity contribution in [1.29, 1.82) is 0 Å². The number of hydrogen-bond donors (Lipinski definition) is 6. The highest BCUT2D eigenvalue weighted by molar-refractivity contribution is 6.10. The highest BCUT2D eigenvalue weighted by Gasteiger charge is 2.80. The van der Waals surface area contributed by atoms with E-state index in [1.54, 1.807) is 40.7 Å². The summed E-state index contributed by atoms with van der Waals surface area (Å²) in [6.45, 7) is 9.81. The molecule has 2 saturated carbocycles. The van der Waals surface area contributed by atoms with Gasteiger partial charge >= 0.3 is 5.97 Å². The van der Waals surface area contributed by atoms with Gasteiger partial charge in [-0.1, -0.05) is 46.8 Å². The van der Waals surface area contributed by atoms with Crippen molar-refractivity contribution in [2.45, 2.75) is 71.4 Å². The average molecular weight is 574 g/mol. The Hall–Kier alpha value is -3.12. The van der Waals surface area contributed by atoms with Gasteiger partial charge in [0.15, 0.2) is 17.2 Å². The summed E-state index contributed by atoms with van der Waals surface area (Å²) < 4.78 is 4.86. The first kappa shape index (κ1) is 30.8. The number of primary amides is 1.